The molecule has 0 amide bonds. The van der Waals surface area contributed by atoms with E-state index in [0.29, 0.717) is 0 Å². The highest BCUT2D eigenvalue weighted by atomic mass is 14.7. The van der Waals surface area contributed by atoms with Gasteiger partial charge in [0.05, 0.1) is 16.8 Å². The van der Waals surface area contributed by atoms with Crippen molar-refractivity contribution in [3.63, 3.8) is 0 Å². The topological polar surface area (TPSA) is 25.8 Å². The third-order valence-corrected chi connectivity index (χ3v) is 11.6. The smallest absolute Gasteiger partial charge is 0.0719 e. The molecule has 2 nitrogen and oxygen atoms in total. The van der Waals surface area contributed by atoms with Crippen LogP contribution in [0.2, 0.25) is 0 Å². The zero-order valence-corrected chi connectivity index (χ0v) is 30.0. The summed E-state index contributed by atoms with van der Waals surface area (Å²) < 4.78 is 0. The predicted molar refractivity (Wildman–Crippen MR) is 228 cm³/mol. The molecule has 1 aliphatic carbocycles. The first-order valence-corrected chi connectivity index (χ1v) is 18.9. The molecule has 0 bridgehead atoms. The summed E-state index contributed by atoms with van der Waals surface area (Å²) in [5.41, 5.74) is 13.6. The van der Waals surface area contributed by atoms with Crippen LogP contribution in [0.1, 0.15) is 22.3 Å². The Kier molecular flexibility index (Phi) is 7.11. The average molecular weight is 699 g/mol. The highest BCUT2D eigenvalue weighted by Crippen LogP contribution is 2.59. The van der Waals surface area contributed by atoms with Gasteiger partial charge in [-0.1, -0.05) is 164 Å². The molecule has 0 radical (unpaired) electrons. The lowest BCUT2D eigenvalue weighted by molar-refractivity contribution is 0.757. The van der Waals surface area contributed by atoms with Gasteiger partial charge in [0, 0.05) is 23.5 Å². The number of hydrogen-bond acceptors (Lipinski definition) is 2. The van der Waals surface area contributed by atoms with Crippen LogP contribution in [0.4, 0.5) is 0 Å². The predicted octanol–water partition coefficient (Wildman–Crippen LogP) is 13.3. The number of hydrogen-bond donors (Lipinski definition) is 0. The van der Waals surface area contributed by atoms with E-state index in [1.807, 2.05) is 24.5 Å². The van der Waals surface area contributed by atoms with Gasteiger partial charge < -0.3 is 0 Å². The zero-order chi connectivity index (χ0) is 36.3. The van der Waals surface area contributed by atoms with E-state index in [1.54, 1.807) is 0 Å². The van der Waals surface area contributed by atoms with Crippen molar-refractivity contribution < 1.29 is 0 Å². The molecule has 0 saturated carbocycles. The Balaban J connectivity index is 1.34. The number of pyridine rings is 2. The van der Waals surface area contributed by atoms with Crippen LogP contribution in [0.15, 0.2) is 207 Å². The van der Waals surface area contributed by atoms with Crippen molar-refractivity contribution >= 4 is 32.3 Å². The van der Waals surface area contributed by atoms with E-state index in [9.17, 15) is 0 Å². The molecule has 2 heterocycles. The highest BCUT2D eigenvalue weighted by molar-refractivity contribution is 6.24. The van der Waals surface area contributed by atoms with Crippen LogP contribution < -0.4 is 0 Å². The van der Waals surface area contributed by atoms with Gasteiger partial charge in [0.1, 0.15) is 0 Å². The maximum Gasteiger partial charge on any atom is 0.0719 e. The molecule has 0 unspecified atom stereocenters. The van der Waals surface area contributed by atoms with E-state index in [0.717, 1.165) is 22.5 Å². The summed E-state index contributed by atoms with van der Waals surface area (Å²) in [6, 6.07) is 70.9. The Morgan fingerprint density at radius 1 is 0.345 bits per heavy atom. The second kappa shape index (κ2) is 12.5. The van der Waals surface area contributed by atoms with Crippen molar-refractivity contribution in [1.29, 1.82) is 0 Å². The van der Waals surface area contributed by atoms with Gasteiger partial charge in [0.25, 0.3) is 0 Å². The van der Waals surface area contributed by atoms with Crippen molar-refractivity contribution in [2.45, 2.75) is 5.41 Å². The first kappa shape index (κ1) is 31.4. The van der Waals surface area contributed by atoms with E-state index in [-0.39, 0.29) is 0 Å². The van der Waals surface area contributed by atoms with E-state index in [4.69, 9.17) is 9.97 Å². The number of fused-ring (bicyclic) bond motifs is 5. The van der Waals surface area contributed by atoms with Crippen LogP contribution in [-0.4, -0.2) is 9.97 Å². The SMILES string of the molecule is c1ccc(C2(c3ccccc3)c3ccc(-c4ccccn4)cc3-c3cccc4c(-c5ccc(-c6ccccn6)c6ccccc56)c5ccccc5c2c34)cc1. The maximum absolute atomic E-state index is 4.79. The molecular weight excluding hydrogens is 665 g/mol. The Labute approximate surface area is 320 Å². The first-order valence-electron chi connectivity index (χ1n) is 18.9. The minimum atomic E-state index is -0.615. The molecule has 10 aromatic rings. The van der Waals surface area contributed by atoms with Crippen molar-refractivity contribution in [3.05, 3.63) is 229 Å². The maximum atomic E-state index is 4.79. The van der Waals surface area contributed by atoms with Gasteiger partial charge >= 0.3 is 0 Å². The second-order valence-corrected chi connectivity index (χ2v) is 14.4. The molecule has 0 spiro atoms. The van der Waals surface area contributed by atoms with Gasteiger partial charge in [-0.15, -0.1) is 0 Å². The summed E-state index contributed by atoms with van der Waals surface area (Å²) in [5, 5.41) is 7.42. The van der Waals surface area contributed by atoms with Crippen molar-refractivity contribution in [2.24, 2.45) is 0 Å². The summed E-state index contributed by atoms with van der Waals surface area (Å²) in [4.78, 5) is 9.55. The number of nitrogens with zero attached hydrogens (tertiary/aromatic N) is 2. The fourth-order valence-corrected chi connectivity index (χ4v) is 9.46. The lowest BCUT2D eigenvalue weighted by Gasteiger charge is -2.43. The zero-order valence-electron chi connectivity index (χ0n) is 30.0. The normalized spacial score (nSPS) is 12.9. The van der Waals surface area contributed by atoms with Gasteiger partial charge in [-0.25, -0.2) is 0 Å². The van der Waals surface area contributed by atoms with Crippen molar-refractivity contribution in [2.75, 3.05) is 0 Å². The summed E-state index contributed by atoms with van der Waals surface area (Å²) >= 11 is 0. The molecule has 0 N–H and O–H groups in total. The van der Waals surface area contributed by atoms with Crippen LogP contribution in [0.5, 0.6) is 0 Å². The van der Waals surface area contributed by atoms with Crippen LogP contribution in [0.3, 0.4) is 0 Å². The Hall–Kier alpha value is -7.16. The molecule has 0 fully saturated rings. The van der Waals surface area contributed by atoms with E-state index >= 15 is 0 Å². The average Bonchev–Trinajstić information content (AvgIpc) is 3.27. The molecule has 2 aromatic heterocycles. The Morgan fingerprint density at radius 2 is 0.909 bits per heavy atom. The van der Waals surface area contributed by atoms with Crippen LogP contribution >= 0.6 is 0 Å². The van der Waals surface area contributed by atoms with Gasteiger partial charge in [-0.3, -0.25) is 9.97 Å². The van der Waals surface area contributed by atoms with Crippen LogP contribution in [0.25, 0.3) is 77.1 Å². The second-order valence-electron chi connectivity index (χ2n) is 14.4. The Morgan fingerprint density at radius 3 is 1.58 bits per heavy atom. The monoisotopic (exact) mass is 698 g/mol. The van der Waals surface area contributed by atoms with Gasteiger partial charge in [-0.2, -0.15) is 0 Å². The number of aromatic nitrogens is 2. The molecule has 2 heteroatoms. The molecule has 0 aliphatic heterocycles. The summed E-state index contributed by atoms with van der Waals surface area (Å²) in [5.74, 6) is 0. The van der Waals surface area contributed by atoms with Crippen LogP contribution in [-0.2, 0) is 5.41 Å². The summed E-state index contributed by atoms with van der Waals surface area (Å²) in [6.45, 7) is 0. The standard InChI is InChI=1S/C53H34N2/c1-3-16-36(17-4-1)53(37-18-5-2-6-19-37)47-31-28-35(48-26-11-13-32-54-48)34-46(47)42-24-15-25-45-50(41-22-9-10-23-44(41)52(53)51(42)45)43-30-29-40(49-27-12-14-33-55-49)38-20-7-8-21-39(38)43/h1-34H. The molecule has 8 aromatic carbocycles. The fourth-order valence-electron chi connectivity index (χ4n) is 9.46. The molecule has 55 heavy (non-hydrogen) atoms. The van der Waals surface area contributed by atoms with Gasteiger partial charge in [0.2, 0.25) is 0 Å². The van der Waals surface area contributed by atoms with Gasteiger partial charge in [-0.05, 0) is 107 Å². The van der Waals surface area contributed by atoms with Crippen molar-refractivity contribution in [3.8, 4) is 44.8 Å². The minimum absolute atomic E-state index is 0.615. The molecular formula is C53H34N2. The summed E-state index contributed by atoms with van der Waals surface area (Å²) in [7, 11) is 0. The largest absolute Gasteiger partial charge is 0.256 e. The highest BCUT2D eigenvalue weighted by Gasteiger charge is 2.46. The Bertz CT molecular complexity index is 3020. The molecule has 1 aliphatic rings. The number of benzene rings is 8. The van der Waals surface area contributed by atoms with E-state index in [2.05, 4.69) is 182 Å². The minimum Gasteiger partial charge on any atom is -0.256 e. The quantitative estimate of drug-likeness (QED) is 0.167. The van der Waals surface area contributed by atoms with Crippen LogP contribution in [0, 0.1) is 0 Å². The third kappa shape index (κ3) is 4.62. The molecule has 256 valence electrons. The third-order valence-electron chi connectivity index (χ3n) is 11.6. The molecule has 0 saturated heterocycles. The lowest BCUT2D eigenvalue weighted by atomic mass is 9.58. The lowest BCUT2D eigenvalue weighted by Crippen LogP contribution is -2.34. The first-order chi connectivity index (χ1) is 27.3. The fraction of sp³-hybridized carbons (Fsp3) is 0.0189. The molecule has 0 atom stereocenters. The molecule has 11 rings (SSSR count). The van der Waals surface area contributed by atoms with Crippen molar-refractivity contribution in [1.82, 2.24) is 9.97 Å². The van der Waals surface area contributed by atoms with E-state index in [1.165, 1.54) is 76.8 Å². The summed E-state index contributed by atoms with van der Waals surface area (Å²) in [6.07, 6.45) is 3.76. The van der Waals surface area contributed by atoms with E-state index < -0.39 is 5.41 Å². The van der Waals surface area contributed by atoms with Gasteiger partial charge in [0.15, 0.2) is 0 Å². The number of rotatable bonds is 5.